The van der Waals surface area contributed by atoms with Crippen LogP contribution in [0.5, 0.6) is 0 Å². The number of hydrogen-bond acceptors (Lipinski definition) is 3. The van der Waals surface area contributed by atoms with Gasteiger partial charge in [0.2, 0.25) is 0 Å². The van der Waals surface area contributed by atoms with E-state index < -0.39 is 13.7 Å². The first-order valence-corrected chi connectivity index (χ1v) is 18.3. The molecule has 43 heavy (non-hydrogen) atoms. The van der Waals surface area contributed by atoms with Crippen molar-refractivity contribution >= 4 is 35.9 Å². The van der Waals surface area contributed by atoms with Gasteiger partial charge in [0, 0.05) is 6.42 Å². The predicted molar refractivity (Wildman–Crippen MR) is 175 cm³/mol. The van der Waals surface area contributed by atoms with Crippen LogP contribution < -0.4 is 15.6 Å². The third kappa shape index (κ3) is 4.23. The molecule has 0 radical (unpaired) electrons. The maximum Gasteiger partial charge on any atom is 0.288 e. The minimum Gasteiger partial charge on any atom is -0.401 e. The summed E-state index contributed by atoms with van der Waals surface area (Å²) in [6, 6.07) is 32.9. The third-order valence-electron chi connectivity index (χ3n) is 12.3. The molecule has 0 N–H and O–H groups in total. The number of ketones is 1. The lowest BCUT2D eigenvalue weighted by molar-refractivity contribution is -0.140. The number of hydrogen-bond donors (Lipinski definition) is 0. The maximum atomic E-state index is 13.1. The molecule has 0 unspecified atom stereocenters. The molecule has 0 saturated heterocycles. The standard InChI is InChI=1S/C39H44O3Si/c1-27-23-29-25-30(41)24-28(2)39(29,26-40)35-21-22-38(3)34(37(27)35)19-20-36(38)42-43(31-13-7-4-8-14-31,32-15-9-5-10-16-32)33-17-11-6-12-18-33/h4-18,25-28,34-37H,19-24H2,1-3H3/t27-,28+,34+,35+,36+,37+,38+,39+/m1/s1. The van der Waals surface area contributed by atoms with Crippen LogP contribution in [0.2, 0.25) is 0 Å². The van der Waals surface area contributed by atoms with Crippen LogP contribution in [0, 0.1) is 40.4 Å². The molecular formula is C39H44O3Si. The summed E-state index contributed by atoms with van der Waals surface area (Å²) in [6.45, 7) is 7.04. The SMILES string of the molecule is C[C@@H]1CC2=CC(=O)C[C@H](C)[C@]2(C=O)[C@H]2CC[C@]3(C)[C@@H](O[Si](c4ccccc4)(c4ccccc4)c4ccccc4)CC[C@H]3[C@H]12. The lowest BCUT2D eigenvalue weighted by Crippen LogP contribution is -2.71. The second kappa shape index (κ2) is 10.8. The first-order chi connectivity index (χ1) is 20.8. The molecule has 3 aromatic carbocycles. The number of carbonyl (C=O) groups excluding carboxylic acids is 2. The van der Waals surface area contributed by atoms with Crippen LogP contribution in [0.4, 0.5) is 0 Å². The van der Waals surface area contributed by atoms with E-state index in [1.807, 2.05) is 6.08 Å². The van der Waals surface area contributed by atoms with E-state index in [9.17, 15) is 9.59 Å². The molecule has 3 fully saturated rings. The summed E-state index contributed by atoms with van der Waals surface area (Å²) < 4.78 is 7.85. The van der Waals surface area contributed by atoms with Crippen molar-refractivity contribution in [2.24, 2.45) is 40.4 Å². The number of fused-ring (bicyclic) bond motifs is 5. The highest BCUT2D eigenvalue weighted by atomic mass is 28.4. The van der Waals surface area contributed by atoms with Crippen molar-refractivity contribution in [1.29, 1.82) is 0 Å². The Morgan fingerprint density at radius 2 is 1.33 bits per heavy atom. The topological polar surface area (TPSA) is 43.4 Å². The van der Waals surface area contributed by atoms with Crippen molar-refractivity contribution < 1.29 is 14.0 Å². The van der Waals surface area contributed by atoms with E-state index in [0.717, 1.165) is 37.7 Å². The van der Waals surface area contributed by atoms with Crippen LogP contribution in [0.1, 0.15) is 59.3 Å². The Balaban J connectivity index is 1.31. The van der Waals surface area contributed by atoms with Crippen LogP contribution in [-0.4, -0.2) is 26.5 Å². The summed E-state index contributed by atoms with van der Waals surface area (Å²) in [5, 5.41) is 3.86. The highest BCUT2D eigenvalue weighted by Gasteiger charge is 2.64. The summed E-state index contributed by atoms with van der Waals surface area (Å²) in [7, 11) is -2.84. The van der Waals surface area contributed by atoms with Crippen LogP contribution in [0.3, 0.4) is 0 Å². The van der Waals surface area contributed by atoms with Crippen molar-refractivity contribution in [3.05, 3.63) is 103 Å². The second-order valence-electron chi connectivity index (χ2n) is 14.3. The Hall–Kier alpha value is -3.08. The van der Waals surface area contributed by atoms with E-state index in [1.165, 1.54) is 21.8 Å². The highest BCUT2D eigenvalue weighted by Crippen LogP contribution is 2.67. The van der Waals surface area contributed by atoms with Crippen LogP contribution in [0.25, 0.3) is 0 Å². The fourth-order valence-corrected chi connectivity index (χ4v) is 14.6. The summed E-state index contributed by atoms with van der Waals surface area (Å²) >= 11 is 0. The molecule has 8 atom stereocenters. The Morgan fingerprint density at radius 3 is 1.86 bits per heavy atom. The van der Waals surface area contributed by atoms with Gasteiger partial charge in [-0.2, -0.15) is 0 Å². The molecule has 0 spiro atoms. The molecule has 7 rings (SSSR count). The zero-order chi connectivity index (χ0) is 29.8. The first-order valence-electron chi connectivity index (χ1n) is 16.4. The molecule has 0 bridgehead atoms. The Labute approximate surface area is 257 Å². The van der Waals surface area contributed by atoms with Crippen LogP contribution >= 0.6 is 0 Å². The van der Waals surface area contributed by atoms with Gasteiger partial charge in [0.25, 0.3) is 8.32 Å². The highest BCUT2D eigenvalue weighted by molar-refractivity contribution is 7.07. The molecule has 0 aliphatic heterocycles. The smallest absolute Gasteiger partial charge is 0.288 e. The Morgan fingerprint density at radius 1 is 0.767 bits per heavy atom. The largest absolute Gasteiger partial charge is 0.401 e. The fourth-order valence-electron chi connectivity index (χ4n) is 10.4. The lowest BCUT2D eigenvalue weighted by Gasteiger charge is -2.61. The van der Waals surface area contributed by atoms with Gasteiger partial charge in [0.05, 0.1) is 11.5 Å². The predicted octanol–water partition coefficient (Wildman–Crippen LogP) is 6.24. The summed E-state index contributed by atoms with van der Waals surface area (Å²) in [6.07, 6.45) is 8.87. The average molecular weight is 589 g/mol. The molecular weight excluding hydrogens is 545 g/mol. The van der Waals surface area contributed by atoms with Gasteiger partial charge in [-0.1, -0.05) is 117 Å². The van der Waals surface area contributed by atoms with Gasteiger partial charge < -0.3 is 9.22 Å². The number of carbonyl (C=O) groups is 2. The van der Waals surface area contributed by atoms with E-state index in [0.29, 0.717) is 30.1 Å². The van der Waals surface area contributed by atoms with Crippen molar-refractivity contribution in [2.75, 3.05) is 0 Å². The van der Waals surface area contributed by atoms with Crippen molar-refractivity contribution in [2.45, 2.75) is 65.4 Å². The van der Waals surface area contributed by atoms with E-state index in [-0.39, 0.29) is 23.2 Å². The van der Waals surface area contributed by atoms with Crippen molar-refractivity contribution in [1.82, 2.24) is 0 Å². The zero-order valence-electron chi connectivity index (χ0n) is 25.7. The van der Waals surface area contributed by atoms with E-state index >= 15 is 0 Å². The second-order valence-corrected chi connectivity index (χ2v) is 17.6. The summed E-state index contributed by atoms with van der Waals surface area (Å²) in [4.78, 5) is 25.7. The summed E-state index contributed by atoms with van der Waals surface area (Å²) in [5.41, 5.74) is 0.672. The van der Waals surface area contributed by atoms with Gasteiger partial charge in [0.15, 0.2) is 5.78 Å². The molecule has 3 nitrogen and oxygen atoms in total. The molecule has 3 aromatic rings. The number of aldehydes is 1. The maximum absolute atomic E-state index is 13.1. The van der Waals surface area contributed by atoms with Crippen molar-refractivity contribution in [3.8, 4) is 0 Å². The number of benzene rings is 3. The lowest BCUT2D eigenvalue weighted by atomic mass is 9.43. The molecule has 222 valence electrons. The van der Waals surface area contributed by atoms with E-state index in [2.05, 4.69) is 112 Å². The minimum absolute atomic E-state index is 0.0328. The Kier molecular flexibility index (Phi) is 7.21. The van der Waals surface area contributed by atoms with Gasteiger partial charge in [-0.15, -0.1) is 0 Å². The number of rotatable bonds is 6. The van der Waals surface area contributed by atoms with Crippen LogP contribution in [0.15, 0.2) is 103 Å². The van der Waals surface area contributed by atoms with Gasteiger partial charge in [-0.3, -0.25) is 4.79 Å². The molecule has 3 saturated carbocycles. The molecule has 4 aliphatic carbocycles. The quantitative estimate of drug-likeness (QED) is 0.195. The summed E-state index contributed by atoms with van der Waals surface area (Å²) in [5.74, 6) is 1.99. The normalized spacial score (nSPS) is 35.3. The molecule has 4 aliphatic rings. The molecule has 0 amide bonds. The van der Waals surface area contributed by atoms with Crippen molar-refractivity contribution in [3.63, 3.8) is 0 Å². The molecule has 0 aromatic heterocycles. The Bertz CT molecular complexity index is 1420. The molecule has 4 heteroatoms. The van der Waals surface area contributed by atoms with Gasteiger partial charge in [-0.05, 0) is 88.7 Å². The third-order valence-corrected chi connectivity index (χ3v) is 16.4. The van der Waals surface area contributed by atoms with Crippen LogP contribution in [-0.2, 0) is 14.0 Å². The van der Waals surface area contributed by atoms with Gasteiger partial charge in [-0.25, -0.2) is 0 Å². The molecule has 0 heterocycles. The minimum atomic E-state index is -2.84. The van der Waals surface area contributed by atoms with E-state index in [1.54, 1.807) is 0 Å². The monoisotopic (exact) mass is 588 g/mol. The van der Waals surface area contributed by atoms with Gasteiger partial charge in [0.1, 0.15) is 6.29 Å². The van der Waals surface area contributed by atoms with Gasteiger partial charge >= 0.3 is 0 Å². The first kappa shape index (κ1) is 28.7. The average Bonchev–Trinajstić information content (AvgIpc) is 3.36. The number of allylic oxidation sites excluding steroid dienone is 1. The van der Waals surface area contributed by atoms with E-state index in [4.69, 9.17) is 4.43 Å². The zero-order valence-corrected chi connectivity index (χ0v) is 26.7. The fraction of sp³-hybridized carbons (Fsp3) is 0.436.